The number of amides is 2. The van der Waals surface area contributed by atoms with Crippen LogP contribution in [0.25, 0.3) is 0 Å². The van der Waals surface area contributed by atoms with Gasteiger partial charge in [0.15, 0.2) is 12.6 Å². The predicted molar refractivity (Wildman–Crippen MR) is 187 cm³/mol. The third kappa shape index (κ3) is 13.5. The number of carboxylic acids is 1. The molecule has 20 atom stereocenters. The molecule has 17 N–H and O–H groups in total. The Bertz CT molecular complexity index is 1550. The van der Waals surface area contributed by atoms with E-state index in [1.54, 1.807) is 0 Å². The SMILES string of the molecule is CC(=O)N[C@H]1[C@H](OC[C@@H](O)[C@H](O)[C@H](O)[C@@H](O)CO)O[C@H](COS(=O)(=O)O)[C@@H](O[C@@H]2O[C@H](CO[C@]3(C(=O)O)C[C@H](O)[C@@H](NC(C)=O)[C@H]([C@H](O)[C@H](O)CO)O3)[C@H](O)[C@H](O)[C@H]2O)[C@@H]1O. The second-order valence-electron chi connectivity index (χ2n) is 14.4. The molecule has 61 heavy (non-hydrogen) atoms. The van der Waals surface area contributed by atoms with Crippen LogP contribution in [0.15, 0.2) is 0 Å². The van der Waals surface area contributed by atoms with E-state index in [9.17, 15) is 93.7 Å². The molecule has 3 aliphatic heterocycles. The van der Waals surface area contributed by atoms with E-state index in [-0.39, 0.29) is 0 Å². The molecule has 3 heterocycles. The van der Waals surface area contributed by atoms with Gasteiger partial charge in [0.1, 0.15) is 91.5 Å². The van der Waals surface area contributed by atoms with Crippen LogP contribution in [0.5, 0.6) is 0 Å². The van der Waals surface area contributed by atoms with E-state index in [1.807, 2.05) is 0 Å². The van der Waals surface area contributed by atoms with Crippen molar-refractivity contribution in [2.24, 2.45) is 0 Å². The molecule has 0 bridgehead atoms. The Labute approximate surface area is 345 Å². The Kier molecular flexibility index (Phi) is 19.4. The summed E-state index contributed by atoms with van der Waals surface area (Å²) in [6.07, 6.45) is -36.2. The molecule has 2 amide bonds. The van der Waals surface area contributed by atoms with Gasteiger partial charge in [-0.2, -0.15) is 8.42 Å². The first-order chi connectivity index (χ1) is 28.3. The molecule has 0 unspecified atom stereocenters. The van der Waals surface area contributed by atoms with E-state index in [0.29, 0.717) is 0 Å². The molecule has 0 saturated carbocycles. The summed E-state index contributed by atoms with van der Waals surface area (Å²) >= 11 is 0. The third-order valence-corrected chi connectivity index (χ3v) is 10.2. The lowest BCUT2D eigenvalue weighted by atomic mass is 9.88. The van der Waals surface area contributed by atoms with E-state index in [4.69, 9.17) is 33.5 Å². The number of carbonyl (C=O) groups excluding carboxylic acids is 2. The van der Waals surface area contributed by atoms with Gasteiger partial charge in [-0.15, -0.1) is 0 Å². The highest BCUT2D eigenvalue weighted by Gasteiger charge is 2.57. The highest BCUT2D eigenvalue weighted by molar-refractivity contribution is 7.80. The van der Waals surface area contributed by atoms with Crippen LogP contribution >= 0.6 is 0 Å². The monoisotopic (exact) mass is 918 g/mol. The number of aliphatic carboxylic acids is 1. The van der Waals surface area contributed by atoms with Gasteiger partial charge in [-0.25, -0.2) is 8.98 Å². The summed E-state index contributed by atoms with van der Waals surface area (Å²) in [6.45, 7) is -3.56. The molecule has 0 spiro atoms. The van der Waals surface area contributed by atoms with Crippen molar-refractivity contribution in [2.45, 2.75) is 142 Å². The number of nitrogens with one attached hydrogen (secondary N) is 2. The van der Waals surface area contributed by atoms with Crippen molar-refractivity contribution in [3.8, 4) is 0 Å². The van der Waals surface area contributed by atoms with Gasteiger partial charge < -0.3 is 111 Å². The molecule has 3 aliphatic rings. The topological polar surface area (TPSA) is 477 Å². The van der Waals surface area contributed by atoms with E-state index in [1.165, 1.54) is 0 Å². The van der Waals surface area contributed by atoms with Gasteiger partial charge >= 0.3 is 16.4 Å². The molecule has 3 rings (SSSR count). The minimum atomic E-state index is -5.28. The number of carbonyl (C=O) groups is 3. The smallest absolute Gasteiger partial charge is 0.397 e. The van der Waals surface area contributed by atoms with Crippen LogP contribution in [0.2, 0.25) is 0 Å². The number of rotatable bonds is 21. The van der Waals surface area contributed by atoms with E-state index in [2.05, 4.69) is 14.8 Å². The Hall–Kier alpha value is -2.48. The Morgan fingerprint density at radius 3 is 1.85 bits per heavy atom. The zero-order chi connectivity index (χ0) is 46.3. The maximum absolute atomic E-state index is 12.6. The van der Waals surface area contributed by atoms with Crippen molar-refractivity contribution in [3.63, 3.8) is 0 Å². The molecular weight excluding hydrogens is 864 g/mol. The Morgan fingerprint density at radius 2 is 1.31 bits per heavy atom. The molecule has 30 heteroatoms. The fourth-order valence-corrected chi connectivity index (χ4v) is 6.88. The van der Waals surface area contributed by atoms with Gasteiger partial charge in [0, 0.05) is 20.3 Å². The zero-order valence-electron chi connectivity index (χ0n) is 32.2. The van der Waals surface area contributed by atoms with Gasteiger partial charge in [-0.3, -0.25) is 14.1 Å². The van der Waals surface area contributed by atoms with Crippen LogP contribution in [0.1, 0.15) is 20.3 Å². The molecule has 0 aliphatic carbocycles. The van der Waals surface area contributed by atoms with Gasteiger partial charge in [0.05, 0.1) is 45.2 Å². The fourth-order valence-electron chi connectivity index (χ4n) is 6.58. The number of aliphatic hydroxyl groups is 13. The predicted octanol–water partition coefficient (Wildman–Crippen LogP) is -10.8. The highest BCUT2D eigenvalue weighted by atomic mass is 32.3. The largest absolute Gasteiger partial charge is 0.477 e. The average Bonchev–Trinajstić information content (AvgIpc) is 3.19. The van der Waals surface area contributed by atoms with Gasteiger partial charge in [0.2, 0.25) is 11.8 Å². The summed E-state index contributed by atoms with van der Waals surface area (Å²) in [5, 5.41) is 149. The van der Waals surface area contributed by atoms with Gasteiger partial charge in [0.25, 0.3) is 5.79 Å². The molecule has 356 valence electrons. The van der Waals surface area contributed by atoms with Crippen LogP contribution < -0.4 is 10.6 Å². The van der Waals surface area contributed by atoms with Crippen molar-refractivity contribution >= 4 is 28.2 Å². The van der Waals surface area contributed by atoms with Crippen LogP contribution in [0, 0.1) is 0 Å². The number of hydrogen-bond donors (Lipinski definition) is 17. The molecule has 0 aromatic rings. The second kappa shape index (κ2) is 22.4. The lowest BCUT2D eigenvalue weighted by Gasteiger charge is -2.48. The molecule has 3 fully saturated rings. The number of hydrogen-bond acceptors (Lipinski definition) is 25. The molecule has 0 radical (unpaired) electrons. The normalized spacial score (nSPS) is 37.7. The quantitative estimate of drug-likeness (QED) is 0.0475. The lowest BCUT2D eigenvalue weighted by molar-refractivity contribution is -0.360. The maximum Gasteiger partial charge on any atom is 0.397 e. The second-order valence-corrected chi connectivity index (χ2v) is 15.5. The first-order valence-electron chi connectivity index (χ1n) is 18.3. The van der Waals surface area contributed by atoms with Crippen molar-refractivity contribution in [1.29, 1.82) is 0 Å². The van der Waals surface area contributed by atoms with Crippen LogP contribution in [-0.2, 0) is 57.4 Å². The molecular formula is C31H54N2O27S. The van der Waals surface area contributed by atoms with Gasteiger partial charge in [-0.05, 0) is 0 Å². The first kappa shape index (κ1) is 52.9. The lowest BCUT2D eigenvalue weighted by Crippen LogP contribution is -2.69. The van der Waals surface area contributed by atoms with Gasteiger partial charge in [-0.1, -0.05) is 0 Å². The zero-order valence-corrected chi connectivity index (χ0v) is 33.0. The standard InChI is InChI=1S/C31H54N2O27S/c1-9(36)32-17-11(38)3-31(30(49)50,60-27(17)21(44)13(40)5-35)55-7-15-22(45)24(47)25(48)29(57-15)59-26-16(8-56-61(51,52)53)58-28(18(23(26)46)33-10(2)37)54-6-14(41)20(43)19(42)12(39)4-34/h11-29,34-35,38-48H,3-8H2,1-2H3,(H,32,36)(H,33,37)(H,49,50)(H,51,52,53)/t11-,12-,13+,14+,15+,16+,17+,18+,19+,20-,21+,22-,23+,24-,25+,26+,27+,28+,29-,31+/m0/s1. The van der Waals surface area contributed by atoms with Crippen molar-refractivity contribution in [1.82, 2.24) is 10.6 Å². The van der Waals surface area contributed by atoms with Crippen molar-refractivity contribution in [2.75, 3.05) is 33.0 Å². The maximum atomic E-state index is 12.6. The molecule has 3 saturated heterocycles. The summed E-state index contributed by atoms with van der Waals surface area (Å²) in [5.41, 5.74) is 0. The minimum absolute atomic E-state index is 0.790. The van der Waals surface area contributed by atoms with E-state index in [0.717, 1.165) is 13.8 Å². The summed E-state index contributed by atoms with van der Waals surface area (Å²) in [5.74, 6) is -6.64. The molecule has 0 aromatic carbocycles. The number of ether oxygens (including phenoxy) is 6. The summed E-state index contributed by atoms with van der Waals surface area (Å²) in [4.78, 5) is 36.6. The van der Waals surface area contributed by atoms with Crippen LogP contribution in [0.4, 0.5) is 0 Å². The third-order valence-electron chi connectivity index (χ3n) is 9.81. The van der Waals surface area contributed by atoms with E-state index < -0.39 is 190 Å². The fraction of sp³-hybridized carbons (Fsp3) is 0.903. The van der Waals surface area contributed by atoms with E-state index >= 15 is 0 Å². The summed E-state index contributed by atoms with van der Waals surface area (Å²) in [6, 6.07) is -3.36. The number of carboxylic acid groups (broad SMARTS) is 1. The molecule has 29 nitrogen and oxygen atoms in total. The number of aliphatic hydroxyl groups excluding tert-OH is 13. The Balaban J connectivity index is 1.91. The van der Waals surface area contributed by atoms with Crippen molar-refractivity contribution in [3.05, 3.63) is 0 Å². The highest BCUT2D eigenvalue weighted by Crippen LogP contribution is 2.36. The average molecular weight is 919 g/mol. The Morgan fingerprint density at radius 1 is 0.754 bits per heavy atom. The van der Waals surface area contributed by atoms with Crippen LogP contribution in [-0.4, -0.2) is 257 Å². The van der Waals surface area contributed by atoms with Crippen LogP contribution in [0.3, 0.4) is 0 Å². The first-order valence-corrected chi connectivity index (χ1v) is 19.6. The minimum Gasteiger partial charge on any atom is -0.477 e. The van der Waals surface area contributed by atoms with Crippen molar-refractivity contribution < 1.29 is 131 Å². The molecule has 0 aromatic heterocycles. The summed E-state index contributed by atoms with van der Waals surface area (Å²) in [7, 11) is -5.28. The summed E-state index contributed by atoms with van der Waals surface area (Å²) < 4.78 is 69.9.